The lowest BCUT2D eigenvalue weighted by Gasteiger charge is -2.34. The fourth-order valence-corrected chi connectivity index (χ4v) is 3.22. The molecule has 1 aromatic carbocycles. The van der Waals surface area contributed by atoms with E-state index in [9.17, 15) is 4.79 Å². The number of aromatic nitrogens is 2. The standard InChI is InChI=1S/C19H21ClN4O2/c20-16-12-17(22-18(21-16)15-6-7-15)23-8-10-24(11-9-23)19(25)26-13-14-4-2-1-3-5-14/h1-5,12,15H,6-11,13H2. The van der Waals surface area contributed by atoms with Gasteiger partial charge in [0.1, 0.15) is 23.4 Å². The van der Waals surface area contributed by atoms with Crippen molar-refractivity contribution in [3.05, 3.63) is 52.9 Å². The summed E-state index contributed by atoms with van der Waals surface area (Å²) >= 11 is 6.16. The topological polar surface area (TPSA) is 58.6 Å². The molecule has 2 aliphatic rings. The van der Waals surface area contributed by atoms with Gasteiger partial charge in [-0.25, -0.2) is 14.8 Å². The van der Waals surface area contributed by atoms with Crippen molar-refractivity contribution in [1.82, 2.24) is 14.9 Å². The molecule has 26 heavy (non-hydrogen) atoms. The van der Waals surface area contributed by atoms with Crippen molar-refractivity contribution in [2.45, 2.75) is 25.4 Å². The number of nitrogens with zero attached hydrogens (tertiary/aromatic N) is 4. The minimum Gasteiger partial charge on any atom is -0.445 e. The number of hydrogen-bond acceptors (Lipinski definition) is 5. The Morgan fingerprint density at radius 1 is 1.12 bits per heavy atom. The first-order valence-corrected chi connectivity index (χ1v) is 9.32. The summed E-state index contributed by atoms with van der Waals surface area (Å²) in [6, 6.07) is 11.5. The van der Waals surface area contributed by atoms with Crippen LogP contribution in [0.2, 0.25) is 5.15 Å². The number of hydrogen-bond donors (Lipinski definition) is 0. The SMILES string of the molecule is O=C(OCc1ccccc1)N1CCN(c2cc(Cl)nc(C3CC3)n2)CC1. The Morgan fingerprint density at radius 3 is 2.54 bits per heavy atom. The Kier molecular flexibility index (Phi) is 4.93. The third-order valence-electron chi connectivity index (χ3n) is 4.71. The van der Waals surface area contributed by atoms with E-state index in [0.717, 1.165) is 30.0 Å². The maximum absolute atomic E-state index is 12.3. The fourth-order valence-electron chi connectivity index (χ4n) is 3.04. The van der Waals surface area contributed by atoms with Crippen LogP contribution in [-0.2, 0) is 11.3 Å². The number of piperazine rings is 1. The smallest absolute Gasteiger partial charge is 0.410 e. The first kappa shape index (κ1) is 17.1. The van der Waals surface area contributed by atoms with E-state index >= 15 is 0 Å². The number of rotatable bonds is 4. The average Bonchev–Trinajstić information content (AvgIpc) is 3.52. The van der Waals surface area contributed by atoms with Crippen molar-refractivity contribution in [2.75, 3.05) is 31.1 Å². The molecule has 1 aliphatic heterocycles. The summed E-state index contributed by atoms with van der Waals surface area (Å²) in [5.41, 5.74) is 0.989. The normalized spacial score (nSPS) is 17.3. The molecule has 136 valence electrons. The molecule has 0 atom stereocenters. The number of benzene rings is 1. The Labute approximate surface area is 157 Å². The highest BCUT2D eigenvalue weighted by Crippen LogP contribution is 2.39. The molecule has 0 N–H and O–H groups in total. The van der Waals surface area contributed by atoms with Gasteiger partial charge in [0.15, 0.2) is 0 Å². The number of carbonyl (C=O) groups is 1. The van der Waals surface area contributed by atoms with Gasteiger partial charge in [0.05, 0.1) is 0 Å². The van der Waals surface area contributed by atoms with Crippen LogP contribution in [0.15, 0.2) is 36.4 Å². The maximum atomic E-state index is 12.3. The summed E-state index contributed by atoms with van der Waals surface area (Å²) in [6.45, 7) is 2.92. The monoisotopic (exact) mass is 372 g/mol. The fraction of sp³-hybridized carbons (Fsp3) is 0.421. The van der Waals surface area contributed by atoms with E-state index in [1.54, 1.807) is 11.0 Å². The number of halogens is 1. The molecule has 7 heteroatoms. The second kappa shape index (κ2) is 7.50. The minimum absolute atomic E-state index is 0.270. The molecule has 1 aliphatic carbocycles. The summed E-state index contributed by atoms with van der Waals surface area (Å²) in [5, 5.41) is 0.488. The third-order valence-corrected chi connectivity index (χ3v) is 4.90. The largest absolute Gasteiger partial charge is 0.445 e. The minimum atomic E-state index is -0.270. The molecule has 0 unspecified atom stereocenters. The zero-order valence-electron chi connectivity index (χ0n) is 14.5. The van der Waals surface area contributed by atoms with E-state index in [1.165, 1.54) is 0 Å². The molecule has 1 saturated carbocycles. The molecule has 4 rings (SSSR count). The highest BCUT2D eigenvalue weighted by molar-refractivity contribution is 6.29. The number of anilines is 1. The van der Waals surface area contributed by atoms with Gasteiger partial charge in [0.2, 0.25) is 0 Å². The Bertz CT molecular complexity index is 774. The van der Waals surface area contributed by atoms with E-state index in [2.05, 4.69) is 14.9 Å². The molecule has 0 bridgehead atoms. The second-order valence-corrected chi connectivity index (χ2v) is 7.08. The second-order valence-electron chi connectivity index (χ2n) is 6.70. The van der Waals surface area contributed by atoms with Gasteiger partial charge in [-0.05, 0) is 18.4 Å². The van der Waals surface area contributed by atoms with Gasteiger partial charge in [-0.3, -0.25) is 0 Å². The van der Waals surface area contributed by atoms with Crippen molar-refractivity contribution in [3.8, 4) is 0 Å². The molecule has 0 radical (unpaired) electrons. The Balaban J connectivity index is 1.32. The van der Waals surface area contributed by atoms with Crippen LogP contribution in [0.1, 0.15) is 30.1 Å². The van der Waals surface area contributed by atoms with Gasteiger partial charge in [-0.15, -0.1) is 0 Å². The molecular formula is C19H21ClN4O2. The van der Waals surface area contributed by atoms with Crippen LogP contribution in [0, 0.1) is 0 Å². The predicted molar refractivity (Wildman–Crippen MR) is 99.4 cm³/mol. The summed E-state index contributed by atoms with van der Waals surface area (Å²) in [7, 11) is 0. The van der Waals surface area contributed by atoms with Crippen LogP contribution in [-0.4, -0.2) is 47.1 Å². The van der Waals surface area contributed by atoms with Gasteiger partial charge in [0, 0.05) is 38.2 Å². The lowest BCUT2D eigenvalue weighted by molar-refractivity contribution is 0.0941. The summed E-state index contributed by atoms with van der Waals surface area (Å²) in [4.78, 5) is 25.1. The summed E-state index contributed by atoms with van der Waals surface area (Å²) in [5.74, 6) is 2.16. The Hall–Kier alpha value is -2.34. The summed E-state index contributed by atoms with van der Waals surface area (Å²) in [6.07, 6.45) is 2.01. The number of carbonyl (C=O) groups excluding carboxylic acids is 1. The molecule has 1 saturated heterocycles. The number of ether oxygens (including phenoxy) is 1. The van der Waals surface area contributed by atoms with Crippen LogP contribution in [0.4, 0.5) is 10.6 Å². The van der Waals surface area contributed by atoms with Crippen LogP contribution < -0.4 is 4.90 Å². The highest BCUT2D eigenvalue weighted by Gasteiger charge is 2.29. The van der Waals surface area contributed by atoms with E-state index in [-0.39, 0.29) is 6.09 Å². The van der Waals surface area contributed by atoms with Crippen molar-refractivity contribution >= 4 is 23.5 Å². The van der Waals surface area contributed by atoms with E-state index < -0.39 is 0 Å². The van der Waals surface area contributed by atoms with Gasteiger partial charge in [0.25, 0.3) is 0 Å². The van der Waals surface area contributed by atoms with Crippen molar-refractivity contribution in [3.63, 3.8) is 0 Å². The Morgan fingerprint density at radius 2 is 1.85 bits per heavy atom. The zero-order chi connectivity index (χ0) is 17.9. The molecule has 2 aromatic rings. The predicted octanol–water partition coefficient (Wildman–Crippen LogP) is 3.47. The van der Waals surface area contributed by atoms with E-state index in [1.807, 2.05) is 30.3 Å². The van der Waals surface area contributed by atoms with Gasteiger partial charge in [-0.1, -0.05) is 41.9 Å². The van der Waals surface area contributed by atoms with Crippen LogP contribution >= 0.6 is 11.6 Å². The molecule has 0 spiro atoms. The zero-order valence-corrected chi connectivity index (χ0v) is 15.2. The summed E-state index contributed by atoms with van der Waals surface area (Å²) < 4.78 is 5.41. The molecule has 2 fully saturated rings. The highest BCUT2D eigenvalue weighted by atomic mass is 35.5. The van der Waals surface area contributed by atoms with Gasteiger partial charge >= 0.3 is 6.09 Å². The molecular weight excluding hydrogens is 352 g/mol. The quantitative estimate of drug-likeness (QED) is 0.769. The van der Waals surface area contributed by atoms with Crippen LogP contribution in [0.3, 0.4) is 0 Å². The number of amides is 1. The van der Waals surface area contributed by atoms with E-state index in [4.69, 9.17) is 16.3 Å². The molecule has 1 aromatic heterocycles. The first-order valence-electron chi connectivity index (χ1n) is 8.94. The van der Waals surface area contributed by atoms with Crippen LogP contribution in [0.5, 0.6) is 0 Å². The third kappa shape index (κ3) is 4.07. The lowest BCUT2D eigenvalue weighted by Crippen LogP contribution is -2.49. The molecule has 1 amide bonds. The maximum Gasteiger partial charge on any atom is 0.410 e. The van der Waals surface area contributed by atoms with Crippen molar-refractivity contribution in [2.24, 2.45) is 0 Å². The average molecular weight is 373 g/mol. The van der Waals surface area contributed by atoms with Gasteiger partial charge in [-0.2, -0.15) is 0 Å². The van der Waals surface area contributed by atoms with E-state index in [0.29, 0.717) is 43.9 Å². The van der Waals surface area contributed by atoms with Crippen molar-refractivity contribution in [1.29, 1.82) is 0 Å². The van der Waals surface area contributed by atoms with Crippen LogP contribution in [0.25, 0.3) is 0 Å². The first-order chi connectivity index (χ1) is 12.7. The molecule has 6 nitrogen and oxygen atoms in total. The molecule has 2 heterocycles. The van der Waals surface area contributed by atoms with Crippen molar-refractivity contribution < 1.29 is 9.53 Å². The lowest BCUT2D eigenvalue weighted by atomic mass is 10.2. The van der Waals surface area contributed by atoms with Gasteiger partial charge < -0.3 is 14.5 Å².